The van der Waals surface area contributed by atoms with Crippen molar-refractivity contribution in [1.82, 2.24) is 0 Å². The van der Waals surface area contributed by atoms with E-state index < -0.39 is 0 Å². The summed E-state index contributed by atoms with van der Waals surface area (Å²) in [5.41, 5.74) is 2.96. The van der Waals surface area contributed by atoms with Crippen LogP contribution in [-0.2, 0) is 0 Å². The van der Waals surface area contributed by atoms with Gasteiger partial charge in [0.1, 0.15) is 0 Å². The molecule has 27 heavy (non-hydrogen) atoms. The van der Waals surface area contributed by atoms with E-state index >= 15 is 0 Å². The van der Waals surface area contributed by atoms with Crippen molar-refractivity contribution in [3.63, 3.8) is 0 Å². The van der Waals surface area contributed by atoms with E-state index in [1.54, 1.807) is 0 Å². The first-order valence-electron chi connectivity index (χ1n) is 7.64. The first-order valence-corrected chi connectivity index (χ1v) is 10.0. The summed E-state index contributed by atoms with van der Waals surface area (Å²) < 4.78 is 0.680. The third-order valence-electron chi connectivity index (χ3n) is 2.93. The van der Waals surface area contributed by atoms with Crippen molar-refractivity contribution in [2.45, 2.75) is 0 Å². The minimum atomic E-state index is 0.520. The number of rotatable bonds is 0. The molecule has 0 aliphatic heterocycles. The van der Waals surface area contributed by atoms with Crippen molar-refractivity contribution in [3.05, 3.63) is 91.3 Å². The lowest BCUT2D eigenvalue weighted by atomic mass is 10.2. The van der Waals surface area contributed by atoms with Crippen LogP contribution in [0.4, 0.5) is 0 Å². The minimum Gasteiger partial charge on any atom is -0.0622 e. The molecule has 0 aromatic heterocycles. The van der Waals surface area contributed by atoms with Crippen molar-refractivity contribution < 1.29 is 0 Å². The summed E-state index contributed by atoms with van der Waals surface area (Å²) in [7, 11) is 0. The van der Waals surface area contributed by atoms with Gasteiger partial charge in [0, 0.05) is 11.1 Å². The van der Waals surface area contributed by atoms with Gasteiger partial charge in [-0.15, -0.1) is 0 Å². The largest absolute Gasteiger partial charge is 0.0970 e. The van der Waals surface area contributed by atoms with Crippen molar-refractivity contribution in [2.24, 2.45) is 0 Å². The Morgan fingerprint density at radius 2 is 1.15 bits per heavy atom. The Bertz CT molecular complexity index is 1090. The van der Waals surface area contributed by atoms with E-state index in [0.29, 0.717) is 14.5 Å². The van der Waals surface area contributed by atoms with Crippen LogP contribution in [0.3, 0.4) is 0 Å². The van der Waals surface area contributed by atoms with Gasteiger partial charge in [0.15, 0.2) is 0 Å². The van der Waals surface area contributed by atoms with Crippen molar-refractivity contribution in [3.8, 4) is 47.4 Å². The summed E-state index contributed by atoms with van der Waals surface area (Å²) in [6, 6.07) is 19.4. The molecule has 0 saturated heterocycles. The minimum absolute atomic E-state index is 0.520. The molecule has 2 rings (SSSR count). The normalized spacial score (nSPS) is 9.07. The molecular weight excluding hydrogens is 528 g/mol. The Morgan fingerprint density at radius 1 is 0.630 bits per heavy atom. The van der Waals surface area contributed by atoms with Crippen LogP contribution >= 0.6 is 47.8 Å². The van der Waals surface area contributed by atoms with Crippen LogP contribution < -0.4 is 0 Å². The molecule has 0 heterocycles. The molecule has 2 aromatic carbocycles. The van der Waals surface area contributed by atoms with Crippen LogP contribution in [0.2, 0.25) is 0 Å². The standard InChI is InChI=1S/C24H10Br3/c25-19-22(16-15-20-9-3-1-4-10-20)13-7-8-14-23(24(26)27)18-17-21-11-5-2-6-12-21/h1-6,9-12H. The average molecular weight is 538 g/mol. The third-order valence-corrected chi connectivity index (χ3v) is 4.12. The van der Waals surface area contributed by atoms with Gasteiger partial charge in [-0.3, -0.25) is 0 Å². The molecule has 127 valence electrons. The first-order chi connectivity index (χ1) is 13.2. The van der Waals surface area contributed by atoms with E-state index in [0.717, 1.165) is 11.1 Å². The lowest BCUT2D eigenvalue weighted by molar-refractivity contribution is 1.65. The molecule has 0 aliphatic carbocycles. The highest BCUT2D eigenvalue weighted by molar-refractivity contribution is 9.28. The fourth-order valence-corrected chi connectivity index (χ4v) is 2.30. The molecule has 0 bridgehead atoms. The molecule has 0 atom stereocenters. The van der Waals surface area contributed by atoms with E-state index in [9.17, 15) is 0 Å². The smallest absolute Gasteiger partial charge is 0.0622 e. The average Bonchev–Trinajstić information content (AvgIpc) is 2.70. The maximum Gasteiger partial charge on any atom is 0.0970 e. The molecule has 0 spiro atoms. The van der Waals surface area contributed by atoms with E-state index in [1.165, 1.54) is 0 Å². The fourth-order valence-electron chi connectivity index (χ4n) is 1.70. The predicted molar refractivity (Wildman–Crippen MR) is 123 cm³/mol. The molecule has 2 aromatic rings. The molecule has 3 heteroatoms. The van der Waals surface area contributed by atoms with Gasteiger partial charge >= 0.3 is 0 Å². The van der Waals surface area contributed by atoms with Gasteiger partial charge < -0.3 is 0 Å². The van der Waals surface area contributed by atoms with Crippen LogP contribution in [0, 0.1) is 52.3 Å². The van der Waals surface area contributed by atoms with E-state index in [4.69, 9.17) is 0 Å². The summed E-state index contributed by atoms with van der Waals surface area (Å²) in [6.07, 6.45) is 0. The van der Waals surface area contributed by atoms with Gasteiger partial charge in [-0.05, 0) is 95.7 Å². The van der Waals surface area contributed by atoms with Gasteiger partial charge in [0.25, 0.3) is 0 Å². The molecule has 1 radical (unpaired) electrons. The van der Waals surface area contributed by atoms with Gasteiger partial charge in [-0.25, -0.2) is 0 Å². The van der Waals surface area contributed by atoms with Crippen LogP contribution in [0.5, 0.6) is 0 Å². The number of hydrogen-bond donors (Lipinski definition) is 0. The molecular formula is C24H10Br3. The summed E-state index contributed by atoms with van der Waals surface area (Å²) in [6.45, 7) is 0. The summed E-state index contributed by atoms with van der Waals surface area (Å²) in [4.78, 5) is 2.79. The van der Waals surface area contributed by atoms with Crippen molar-refractivity contribution in [2.75, 3.05) is 0 Å². The maximum atomic E-state index is 3.36. The summed E-state index contributed by atoms with van der Waals surface area (Å²) in [5, 5.41) is 0. The zero-order chi connectivity index (χ0) is 19.3. The Kier molecular flexibility index (Phi) is 9.35. The molecule has 0 fully saturated rings. The van der Waals surface area contributed by atoms with Gasteiger partial charge in [0.05, 0.1) is 19.5 Å². The zero-order valence-electron chi connectivity index (χ0n) is 13.9. The highest BCUT2D eigenvalue weighted by Gasteiger charge is 1.93. The lowest BCUT2D eigenvalue weighted by Crippen LogP contribution is -1.77. The van der Waals surface area contributed by atoms with Crippen LogP contribution in [0.25, 0.3) is 0 Å². The Balaban J connectivity index is 2.14. The van der Waals surface area contributed by atoms with Crippen molar-refractivity contribution in [1.29, 1.82) is 0 Å². The Hall–Kier alpha value is -2.40. The number of hydrogen-bond acceptors (Lipinski definition) is 0. The van der Waals surface area contributed by atoms with Crippen LogP contribution in [-0.4, -0.2) is 0 Å². The first kappa shape index (κ1) is 20.9. The maximum absolute atomic E-state index is 3.36. The predicted octanol–water partition coefficient (Wildman–Crippen LogP) is 6.18. The van der Waals surface area contributed by atoms with Gasteiger partial charge in [-0.1, -0.05) is 60.1 Å². The van der Waals surface area contributed by atoms with Crippen LogP contribution in [0.1, 0.15) is 11.1 Å². The molecule has 0 amide bonds. The second kappa shape index (κ2) is 12.1. The monoisotopic (exact) mass is 535 g/mol. The molecule has 0 N–H and O–H groups in total. The molecule has 0 unspecified atom stereocenters. The second-order valence-corrected chi connectivity index (χ2v) is 7.88. The Labute approximate surface area is 185 Å². The number of allylic oxidation sites excluding steroid dienone is 2. The number of halogens is 3. The zero-order valence-corrected chi connectivity index (χ0v) is 18.7. The summed E-state index contributed by atoms with van der Waals surface area (Å²) >= 11 is 9.87. The van der Waals surface area contributed by atoms with Gasteiger partial charge in [-0.2, -0.15) is 0 Å². The topological polar surface area (TPSA) is 0 Å². The Morgan fingerprint density at radius 3 is 1.67 bits per heavy atom. The SMILES string of the molecule is Br[C]=C(C#CC#CC(C#Cc1ccccc1)=C(Br)Br)C#Cc1ccccc1. The number of benzene rings is 2. The quantitative estimate of drug-likeness (QED) is 0.352. The van der Waals surface area contributed by atoms with E-state index in [2.05, 4.69) is 100 Å². The van der Waals surface area contributed by atoms with Gasteiger partial charge in [0.2, 0.25) is 0 Å². The van der Waals surface area contributed by atoms with E-state index in [-0.39, 0.29) is 0 Å². The van der Waals surface area contributed by atoms with Crippen LogP contribution in [0.15, 0.2) is 75.2 Å². The molecule has 0 saturated carbocycles. The van der Waals surface area contributed by atoms with Crippen molar-refractivity contribution >= 4 is 47.8 Å². The lowest BCUT2D eigenvalue weighted by Gasteiger charge is -1.88. The highest BCUT2D eigenvalue weighted by atomic mass is 79.9. The highest BCUT2D eigenvalue weighted by Crippen LogP contribution is 2.18. The van der Waals surface area contributed by atoms with E-state index in [1.807, 2.05) is 60.7 Å². The summed E-state index contributed by atoms with van der Waals surface area (Å²) in [5.74, 6) is 23.4. The molecule has 0 aliphatic rings. The third kappa shape index (κ3) is 8.22. The second-order valence-electron chi connectivity index (χ2n) is 4.84. The molecule has 0 nitrogen and oxygen atoms in total. The fraction of sp³-hybridized carbons (Fsp3) is 0.